The monoisotopic (exact) mass is 279 g/mol. The van der Waals surface area contributed by atoms with E-state index in [0.717, 1.165) is 45.1 Å². The Morgan fingerprint density at radius 3 is 2.85 bits per heavy atom. The van der Waals surface area contributed by atoms with Gasteiger partial charge in [0.15, 0.2) is 0 Å². The molecule has 1 saturated heterocycles. The highest BCUT2D eigenvalue weighted by Gasteiger charge is 2.42. The maximum absolute atomic E-state index is 12.7. The molecule has 7 nitrogen and oxygen atoms in total. The fourth-order valence-electron chi connectivity index (χ4n) is 3.23. The first kappa shape index (κ1) is 13.5. The van der Waals surface area contributed by atoms with Crippen molar-refractivity contribution < 1.29 is 9.53 Å². The van der Waals surface area contributed by atoms with Crippen LogP contribution in [-0.4, -0.2) is 45.4 Å². The van der Waals surface area contributed by atoms with E-state index in [2.05, 4.69) is 20.8 Å². The van der Waals surface area contributed by atoms with E-state index in [1.807, 2.05) is 0 Å². The average molecular weight is 279 g/mol. The predicted molar refractivity (Wildman–Crippen MR) is 70.9 cm³/mol. The number of carbonyl (C=O) groups excluding carboxylic acids is 1. The van der Waals surface area contributed by atoms with Crippen LogP contribution in [-0.2, 0) is 15.1 Å². The van der Waals surface area contributed by atoms with Crippen LogP contribution >= 0.6 is 0 Å². The largest absolute Gasteiger partial charge is 0.376 e. The van der Waals surface area contributed by atoms with Crippen molar-refractivity contribution in [2.24, 2.45) is 0 Å². The minimum atomic E-state index is -0.611. The topological polar surface area (TPSA) is 81.9 Å². The number of amides is 1. The molecule has 1 N–H and O–H groups in total. The van der Waals surface area contributed by atoms with Gasteiger partial charge in [0.1, 0.15) is 11.9 Å². The first-order chi connectivity index (χ1) is 9.81. The van der Waals surface area contributed by atoms with Crippen LogP contribution in [0.4, 0.5) is 0 Å². The van der Waals surface area contributed by atoms with E-state index >= 15 is 0 Å². The molecule has 2 heterocycles. The zero-order valence-corrected chi connectivity index (χ0v) is 11.6. The molecule has 0 spiro atoms. The SMILES string of the molecule is O=C(NC[C@H]1CCCO1)C1(n2cnnn2)CCCCC1. The third-order valence-corrected chi connectivity index (χ3v) is 4.41. The normalized spacial score (nSPS) is 25.5. The highest BCUT2D eigenvalue weighted by Crippen LogP contribution is 2.34. The molecule has 1 amide bonds. The van der Waals surface area contributed by atoms with Crippen LogP contribution in [0.2, 0.25) is 0 Å². The lowest BCUT2D eigenvalue weighted by Crippen LogP contribution is -2.51. The molecule has 2 aliphatic rings. The molecule has 0 bridgehead atoms. The second kappa shape index (κ2) is 5.87. The van der Waals surface area contributed by atoms with Crippen LogP contribution in [0.15, 0.2) is 6.33 Å². The molecule has 0 aromatic carbocycles. The molecule has 1 atom stereocenters. The van der Waals surface area contributed by atoms with Crippen LogP contribution in [0, 0.1) is 0 Å². The zero-order valence-electron chi connectivity index (χ0n) is 11.6. The van der Waals surface area contributed by atoms with Crippen molar-refractivity contribution in [1.82, 2.24) is 25.5 Å². The van der Waals surface area contributed by atoms with Crippen molar-refractivity contribution in [3.05, 3.63) is 6.33 Å². The first-order valence-corrected chi connectivity index (χ1v) is 7.45. The number of nitrogens with zero attached hydrogens (tertiary/aromatic N) is 4. The minimum absolute atomic E-state index is 0.0278. The van der Waals surface area contributed by atoms with Gasteiger partial charge in [-0.2, -0.15) is 0 Å². The first-order valence-electron chi connectivity index (χ1n) is 7.45. The molecule has 0 radical (unpaired) electrons. The van der Waals surface area contributed by atoms with Crippen LogP contribution in [0.25, 0.3) is 0 Å². The molecular weight excluding hydrogens is 258 g/mol. The number of tetrazole rings is 1. The summed E-state index contributed by atoms with van der Waals surface area (Å²) in [6.07, 6.45) is 8.66. The fraction of sp³-hybridized carbons (Fsp3) is 0.846. The Hall–Kier alpha value is -1.50. The summed E-state index contributed by atoms with van der Waals surface area (Å²) >= 11 is 0. The highest BCUT2D eigenvalue weighted by molar-refractivity contribution is 5.84. The van der Waals surface area contributed by atoms with Crippen molar-refractivity contribution in [2.45, 2.75) is 56.6 Å². The van der Waals surface area contributed by atoms with E-state index < -0.39 is 5.54 Å². The number of aromatic nitrogens is 4. The van der Waals surface area contributed by atoms with Crippen molar-refractivity contribution >= 4 is 5.91 Å². The van der Waals surface area contributed by atoms with Gasteiger partial charge in [-0.1, -0.05) is 19.3 Å². The molecule has 7 heteroatoms. The van der Waals surface area contributed by atoms with Gasteiger partial charge in [-0.25, -0.2) is 4.68 Å². The minimum Gasteiger partial charge on any atom is -0.376 e. The van der Waals surface area contributed by atoms with E-state index in [4.69, 9.17) is 4.74 Å². The molecule has 1 saturated carbocycles. The highest BCUT2D eigenvalue weighted by atomic mass is 16.5. The van der Waals surface area contributed by atoms with Gasteiger partial charge in [0.05, 0.1) is 6.10 Å². The molecule has 1 aliphatic heterocycles. The Labute approximate surface area is 118 Å². The number of nitrogens with one attached hydrogen (secondary N) is 1. The Morgan fingerprint density at radius 1 is 1.35 bits per heavy atom. The smallest absolute Gasteiger partial charge is 0.248 e. The van der Waals surface area contributed by atoms with Gasteiger partial charge in [-0.05, 0) is 36.1 Å². The van der Waals surface area contributed by atoms with E-state index in [1.54, 1.807) is 11.0 Å². The summed E-state index contributed by atoms with van der Waals surface area (Å²) < 4.78 is 7.19. The zero-order chi connectivity index (χ0) is 13.8. The van der Waals surface area contributed by atoms with Crippen molar-refractivity contribution in [1.29, 1.82) is 0 Å². The summed E-state index contributed by atoms with van der Waals surface area (Å²) in [5.74, 6) is 0.0278. The Bertz CT molecular complexity index is 436. The summed E-state index contributed by atoms with van der Waals surface area (Å²) in [5, 5.41) is 14.4. The van der Waals surface area contributed by atoms with Gasteiger partial charge in [-0.3, -0.25) is 4.79 Å². The molecular formula is C13H21N5O2. The molecule has 20 heavy (non-hydrogen) atoms. The number of ether oxygens (including phenoxy) is 1. The van der Waals surface area contributed by atoms with Crippen molar-refractivity contribution in [3.8, 4) is 0 Å². The number of rotatable bonds is 4. The summed E-state index contributed by atoms with van der Waals surface area (Å²) in [4.78, 5) is 12.7. The van der Waals surface area contributed by atoms with Gasteiger partial charge in [0, 0.05) is 13.2 Å². The Kier molecular flexibility index (Phi) is 3.95. The van der Waals surface area contributed by atoms with Crippen molar-refractivity contribution in [2.75, 3.05) is 13.2 Å². The summed E-state index contributed by atoms with van der Waals surface area (Å²) in [6.45, 7) is 1.39. The van der Waals surface area contributed by atoms with E-state index in [9.17, 15) is 4.79 Å². The quantitative estimate of drug-likeness (QED) is 0.874. The number of hydrogen-bond acceptors (Lipinski definition) is 5. The molecule has 3 rings (SSSR count). The third kappa shape index (κ3) is 2.54. The van der Waals surface area contributed by atoms with Gasteiger partial charge >= 0.3 is 0 Å². The van der Waals surface area contributed by atoms with Gasteiger partial charge < -0.3 is 10.1 Å². The van der Waals surface area contributed by atoms with Crippen molar-refractivity contribution in [3.63, 3.8) is 0 Å². The Balaban J connectivity index is 1.70. The summed E-state index contributed by atoms with van der Waals surface area (Å²) in [5.41, 5.74) is -0.611. The molecule has 1 aliphatic carbocycles. The average Bonchev–Trinajstić information content (AvgIpc) is 3.18. The third-order valence-electron chi connectivity index (χ3n) is 4.41. The van der Waals surface area contributed by atoms with E-state index in [-0.39, 0.29) is 12.0 Å². The molecule has 1 aromatic rings. The standard InChI is InChI=1S/C13H21N5O2/c19-12(14-9-11-5-4-8-20-11)13(6-2-1-3-7-13)18-10-15-16-17-18/h10-11H,1-9H2,(H,14,19)/t11-/m1/s1. The van der Waals surface area contributed by atoms with E-state index in [0.29, 0.717) is 6.54 Å². The maximum atomic E-state index is 12.7. The fourth-order valence-corrected chi connectivity index (χ4v) is 3.23. The lowest BCUT2D eigenvalue weighted by Gasteiger charge is -2.35. The lowest BCUT2D eigenvalue weighted by molar-refractivity contribution is -0.133. The van der Waals surface area contributed by atoms with Crippen LogP contribution in [0.3, 0.4) is 0 Å². The Morgan fingerprint density at radius 2 is 2.20 bits per heavy atom. The van der Waals surface area contributed by atoms with Crippen LogP contribution in [0.1, 0.15) is 44.9 Å². The number of carbonyl (C=O) groups is 1. The lowest BCUT2D eigenvalue weighted by atomic mass is 9.81. The van der Waals surface area contributed by atoms with Crippen LogP contribution < -0.4 is 5.32 Å². The van der Waals surface area contributed by atoms with Gasteiger partial charge in [0.2, 0.25) is 5.91 Å². The predicted octanol–water partition coefficient (Wildman–Crippen LogP) is 0.628. The molecule has 110 valence electrons. The van der Waals surface area contributed by atoms with Crippen LogP contribution in [0.5, 0.6) is 0 Å². The number of hydrogen-bond donors (Lipinski definition) is 1. The molecule has 1 aromatic heterocycles. The van der Waals surface area contributed by atoms with E-state index in [1.165, 1.54) is 6.42 Å². The molecule has 2 fully saturated rings. The molecule has 0 unspecified atom stereocenters. The second-order valence-electron chi connectivity index (χ2n) is 5.69. The summed E-state index contributed by atoms with van der Waals surface area (Å²) in [6, 6.07) is 0. The second-order valence-corrected chi connectivity index (χ2v) is 5.69. The van der Waals surface area contributed by atoms with Gasteiger partial charge in [-0.15, -0.1) is 5.10 Å². The maximum Gasteiger partial charge on any atom is 0.248 e. The van der Waals surface area contributed by atoms with Gasteiger partial charge in [0.25, 0.3) is 0 Å². The summed E-state index contributed by atoms with van der Waals surface area (Å²) in [7, 11) is 0.